The molecule has 4 heteroatoms. The van der Waals surface area contributed by atoms with Gasteiger partial charge < -0.3 is 11.1 Å². The van der Waals surface area contributed by atoms with Crippen LogP contribution in [0.4, 0.5) is 5.69 Å². The van der Waals surface area contributed by atoms with Gasteiger partial charge in [-0.25, -0.2) is 0 Å². The molecule has 2 atom stereocenters. The second kappa shape index (κ2) is 6.80. The van der Waals surface area contributed by atoms with Crippen LogP contribution < -0.4 is 11.1 Å². The fraction of sp³-hybridized carbons (Fsp3) is 0.611. The summed E-state index contributed by atoms with van der Waals surface area (Å²) in [7, 11) is 0. The third kappa shape index (κ3) is 3.33. The molecule has 1 amide bonds. The molecule has 0 unspecified atom stereocenters. The molecule has 22 heavy (non-hydrogen) atoms. The topological polar surface area (TPSA) is 58.4 Å². The fourth-order valence-corrected chi connectivity index (χ4v) is 3.84. The fourth-order valence-electron chi connectivity index (χ4n) is 3.84. The van der Waals surface area contributed by atoms with Crippen LogP contribution in [0.15, 0.2) is 18.2 Å². The van der Waals surface area contributed by atoms with Crippen LogP contribution in [0.1, 0.15) is 50.2 Å². The Bertz CT molecular complexity index is 543. The first-order valence-corrected chi connectivity index (χ1v) is 8.56. The van der Waals surface area contributed by atoms with Crippen molar-refractivity contribution in [3.05, 3.63) is 29.3 Å². The predicted molar refractivity (Wildman–Crippen MR) is 89.4 cm³/mol. The van der Waals surface area contributed by atoms with E-state index < -0.39 is 0 Å². The zero-order valence-corrected chi connectivity index (χ0v) is 13.5. The van der Waals surface area contributed by atoms with E-state index in [9.17, 15) is 4.79 Å². The van der Waals surface area contributed by atoms with E-state index in [1.54, 1.807) is 0 Å². The Morgan fingerprint density at radius 2 is 2.23 bits per heavy atom. The Kier molecular flexibility index (Phi) is 4.79. The minimum absolute atomic E-state index is 0.115. The van der Waals surface area contributed by atoms with Gasteiger partial charge in [-0.05, 0) is 48.9 Å². The van der Waals surface area contributed by atoms with E-state index in [4.69, 9.17) is 5.73 Å². The summed E-state index contributed by atoms with van der Waals surface area (Å²) in [6.07, 6.45) is 5.03. The van der Waals surface area contributed by atoms with Crippen LogP contribution >= 0.6 is 0 Å². The van der Waals surface area contributed by atoms with E-state index in [0.29, 0.717) is 12.3 Å². The van der Waals surface area contributed by atoms with Gasteiger partial charge in [0.2, 0.25) is 5.91 Å². The Morgan fingerprint density at radius 3 is 2.95 bits per heavy atom. The number of rotatable bonds is 5. The van der Waals surface area contributed by atoms with E-state index in [-0.39, 0.29) is 11.9 Å². The molecule has 0 saturated heterocycles. The average molecular weight is 301 g/mol. The molecular formula is C18H27N3O. The molecule has 2 aliphatic rings. The number of carbonyl (C=O) groups is 1. The van der Waals surface area contributed by atoms with Gasteiger partial charge in [-0.1, -0.05) is 25.5 Å². The van der Waals surface area contributed by atoms with Crippen molar-refractivity contribution in [3.8, 4) is 0 Å². The number of hydrogen-bond donors (Lipinski definition) is 2. The summed E-state index contributed by atoms with van der Waals surface area (Å²) in [5.41, 5.74) is 9.71. The molecule has 4 nitrogen and oxygen atoms in total. The number of anilines is 1. The molecule has 0 radical (unpaired) electrons. The first kappa shape index (κ1) is 15.5. The molecule has 1 fully saturated rings. The molecule has 1 aliphatic heterocycles. The van der Waals surface area contributed by atoms with Crippen LogP contribution in [-0.4, -0.2) is 23.4 Å². The summed E-state index contributed by atoms with van der Waals surface area (Å²) in [6.45, 7) is 5.26. The molecular weight excluding hydrogens is 274 g/mol. The van der Waals surface area contributed by atoms with Crippen molar-refractivity contribution in [3.63, 3.8) is 0 Å². The van der Waals surface area contributed by atoms with Gasteiger partial charge in [-0.15, -0.1) is 0 Å². The van der Waals surface area contributed by atoms with Crippen LogP contribution in [-0.2, 0) is 17.9 Å². The van der Waals surface area contributed by atoms with E-state index in [2.05, 4.69) is 23.2 Å². The first-order valence-electron chi connectivity index (χ1n) is 8.56. The molecule has 1 aromatic rings. The second-order valence-corrected chi connectivity index (χ2v) is 6.76. The summed E-state index contributed by atoms with van der Waals surface area (Å²) >= 11 is 0. The minimum atomic E-state index is 0.115. The lowest BCUT2D eigenvalue weighted by molar-refractivity contribution is -0.117. The number of hydrogen-bond acceptors (Lipinski definition) is 3. The number of carbonyl (C=O) groups excluding carboxylic acids is 1. The molecule has 1 saturated carbocycles. The third-order valence-corrected chi connectivity index (χ3v) is 5.03. The molecule has 3 N–H and O–H groups in total. The van der Waals surface area contributed by atoms with Crippen molar-refractivity contribution in [2.24, 2.45) is 11.7 Å². The highest BCUT2D eigenvalue weighted by molar-refractivity contribution is 5.92. The number of benzene rings is 1. The third-order valence-electron chi connectivity index (χ3n) is 5.03. The summed E-state index contributed by atoms with van der Waals surface area (Å²) in [4.78, 5) is 14.8. The predicted octanol–water partition coefficient (Wildman–Crippen LogP) is 2.87. The zero-order valence-electron chi connectivity index (χ0n) is 13.5. The van der Waals surface area contributed by atoms with E-state index >= 15 is 0 Å². The molecule has 0 bridgehead atoms. The summed E-state index contributed by atoms with van der Waals surface area (Å²) in [5, 5.41) is 3.13. The second-order valence-electron chi connectivity index (χ2n) is 6.76. The van der Waals surface area contributed by atoms with E-state index in [0.717, 1.165) is 51.0 Å². The number of amides is 1. The van der Waals surface area contributed by atoms with E-state index in [1.807, 2.05) is 12.1 Å². The van der Waals surface area contributed by atoms with Gasteiger partial charge >= 0.3 is 0 Å². The summed E-state index contributed by atoms with van der Waals surface area (Å²) in [6, 6.07) is 6.45. The monoisotopic (exact) mass is 301 g/mol. The van der Waals surface area contributed by atoms with Crippen LogP contribution in [0.25, 0.3) is 0 Å². The highest BCUT2D eigenvalue weighted by Gasteiger charge is 2.27. The van der Waals surface area contributed by atoms with Crippen LogP contribution in [0.3, 0.4) is 0 Å². The maximum atomic E-state index is 12.3. The van der Waals surface area contributed by atoms with Gasteiger partial charge in [0.1, 0.15) is 0 Å². The summed E-state index contributed by atoms with van der Waals surface area (Å²) < 4.78 is 0. The Hall–Kier alpha value is -1.39. The van der Waals surface area contributed by atoms with Gasteiger partial charge in [0, 0.05) is 31.2 Å². The van der Waals surface area contributed by atoms with E-state index in [1.165, 1.54) is 11.1 Å². The van der Waals surface area contributed by atoms with Crippen molar-refractivity contribution >= 4 is 11.6 Å². The number of nitrogens with zero attached hydrogens (tertiary/aromatic N) is 1. The smallest absolute Gasteiger partial charge is 0.224 e. The minimum Gasteiger partial charge on any atom is -0.327 e. The molecule has 120 valence electrons. The van der Waals surface area contributed by atoms with Gasteiger partial charge in [-0.3, -0.25) is 9.69 Å². The number of fused-ring (bicyclic) bond motifs is 1. The highest BCUT2D eigenvalue weighted by atomic mass is 16.1. The lowest BCUT2D eigenvalue weighted by Crippen LogP contribution is -2.28. The van der Waals surface area contributed by atoms with Crippen LogP contribution in [0.2, 0.25) is 0 Å². The standard InChI is InChI=1S/C18H27N3O/c1-2-9-21-11-14-6-4-8-17(15(14)12-21)20-18(22)10-13-5-3-7-16(13)19/h4,6,8,13,16H,2-3,5,7,9-12,19H2,1H3,(H,20,22)/t13-,16+/m0/s1. The number of nitrogens with two attached hydrogens (primary N) is 1. The van der Waals surface area contributed by atoms with Crippen LogP contribution in [0, 0.1) is 5.92 Å². The quantitative estimate of drug-likeness (QED) is 0.879. The Labute approximate surface area is 133 Å². The molecule has 0 aromatic heterocycles. The number of nitrogens with one attached hydrogen (secondary N) is 1. The zero-order chi connectivity index (χ0) is 15.5. The van der Waals surface area contributed by atoms with Crippen LogP contribution in [0.5, 0.6) is 0 Å². The molecule has 3 rings (SSSR count). The Morgan fingerprint density at radius 1 is 1.36 bits per heavy atom. The average Bonchev–Trinajstić information content (AvgIpc) is 3.06. The van der Waals surface area contributed by atoms with Gasteiger partial charge in [0.25, 0.3) is 0 Å². The molecule has 1 heterocycles. The van der Waals surface area contributed by atoms with Gasteiger partial charge in [0.05, 0.1) is 0 Å². The lowest BCUT2D eigenvalue weighted by Gasteiger charge is -2.16. The van der Waals surface area contributed by atoms with Crippen molar-refractivity contribution in [2.45, 2.75) is 58.2 Å². The normalized spacial score (nSPS) is 24.5. The SMILES string of the molecule is CCCN1Cc2cccc(NC(=O)C[C@@H]3CCC[C@H]3N)c2C1. The van der Waals surface area contributed by atoms with Gasteiger partial charge in [0.15, 0.2) is 0 Å². The van der Waals surface area contributed by atoms with Crippen molar-refractivity contribution in [1.29, 1.82) is 0 Å². The Balaban J connectivity index is 1.64. The summed E-state index contributed by atoms with van der Waals surface area (Å²) in [5.74, 6) is 0.470. The lowest BCUT2D eigenvalue weighted by atomic mass is 9.99. The van der Waals surface area contributed by atoms with Gasteiger partial charge in [-0.2, -0.15) is 0 Å². The largest absolute Gasteiger partial charge is 0.327 e. The maximum absolute atomic E-state index is 12.3. The molecule has 1 aliphatic carbocycles. The first-order chi connectivity index (χ1) is 10.7. The highest BCUT2D eigenvalue weighted by Crippen LogP contribution is 2.31. The molecule has 0 spiro atoms. The van der Waals surface area contributed by atoms with Crippen molar-refractivity contribution < 1.29 is 4.79 Å². The van der Waals surface area contributed by atoms with Crippen molar-refractivity contribution in [1.82, 2.24) is 4.90 Å². The van der Waals surface area contributed by atoms with Crippen molar-refractivity contribution in [2.75, 3.05) is 11.9 Å². The molecule has 1 aromatic carbocycles. The maximum Gasteiger partial charge on any atom is 0.224 e.